The summed E-state index contributed by atoms with van der Waals surface area (Å²) in [6.07, 6.45) is 0. The molecule has 1 aromatic heterocycles. The zero-order chi connectivity index (χ0) is 9.97. The summed E-state index contributed by atoms with van der Waals surface area (Å²) in [5.41, 5.74) is 1.29. The lowest BCUT2D eigenvalue weighted by molar-refractivity contribution is 0.0755. The number of halogens is 1. The molecule has 1 saturated heterocycles. The number of aryl methyl sites for hydroxylation is 1. The highest BCUT2D eigenvalue weighted by molar-refractivity contribution is 5.15. The van der Waals surface area contributed by atoms with E-state index in [-0.39, 0.29) is 11.9 Å². The van der Waals surface area contributed by atoms with Gasteiger partial charge in [-0.1, -0.05) is 0 Å². The van der Waals surface area contributed by atoms with Crippen LogP contribution in [0.15, 0.2) is 12.1 Å². The molecule has 0 unspecified atom stereocenters. The monoisotopic (exact) mass is 196 g/mol. The Hall–Kier alpha value is -1.00. The second-order valence-electron chi connectivity index (χ2n) is 3.38. The maximum absolute atomic E-state index is 13.0. The Balaban J connectivity index is 2.18. The van der Waals surface area contributed by atoms with Gasteiger partial charge in [-0.05, 0) is 19.1 Å². The fourth-order valence-electron chi connectivity index (χ4n) is 1.51. The van der Waals surface area contributed by atoms with E-state index in [1.54, 1.807) is 13.0 Å². The lowest BCUT2D eigenvalue weighted by Crippen LogP contribution is -2.35. The van der Waals surface area contributed by atoms with Gasteiger partial charge in [0.15, 0.2) is 0 Å². The average Bonchev–Trinajstić information content (AvgIpc) is 2.23. The SMILES string of the molecule is Cc1nc([C@H]2COCCN2)ccc1F. The summed E-state index contributed by atoms with van der Waals surface area (Å²) in [6.45, 7) is 3.83. The molecule has 4 heteroatoms. The number of hydrogen-bond donors (Lipinski definition) is 1. The minimum absolute atomic E-state index is 0.100. The topological polar surface area (TPSA) is 34.1 Å². The molecule has 0 aromatic carbocycles. The molecule has 1 aliphatic heterocycles. The van der Waals surface area contributed by atoms with Crippen molar-refractivity contribution in [1.29, 1.82) is 0 Å². The minimum atomic E-state index is -0.259. The molecule has 1 aromatic rings. The highest BCUT2D eigenvalue weighted by atomic mass is 19.1. The van der Waals surface area contributed by atoms with Crippen molar-refractivity contribution in [1.82, 2.24) is 10.3 Å². The third-order valence-electron chi connectivity index (χ3n) is 2.32. The number of pyridine rings is 1. The van der Waals surface area contributed by atoms with Crippen molar-refractivity contribution in [2.45, 2.75) is 13.0 Å². The first-order valence-corrected chi connectivity index (χ1v) is 4.71. The highest BCUT2D eigenvalue weighted by Crippen LogP contribution is 2.14. The van der Waals surface area contributed by atoms with Crippen LogP contribution in [0, 0.1) is 12.7 Å². The molecule has 0 amide bonds. The lowest BCUT2D eigenvalue weighted by atomic mass is 10.1. The van der Waals surface area contributed by atoms with Gasteiger partial charge in [0.2, 0.25) is 0 Å². The van der Waals surface area contributed by atoms with Crippen LogP contribution in [0.25, 0.3) is 0 Å². The van der Waals surface area contributed by atoms with Gasteiger partial charge >= 0.3 is 0 Å². The quantitative estimate of drug-likeness (QED) is 0.732. The van der Waals surface area contributed by atoms with Crippen LogP contribution in [0.4, 0.5) is 4.39 Å². The van der Waals surface area contributed by atoms with E-state index in [1.165, 1.54) is 6.07 Å². The van der Waals surface area contributed by atoms with Gasteiger partial charge in [-0.25, -0.2) is 4.39 Å². The molecular weight excluding hydrogens is 183 g/mol. The van der Waals surface area contributed by atoms with Crippen LogP contribution in [-0.2, 0) is 4.74 Å². The van der Waals surface area contributed by atoms with Crippen LogP contribution < -0.4 is 5.32 Å². The summed E-state index contributed by atoms with van der Waals surface area (Å²) < 4.78 is 18.3. The minimum Gasteiger partial charge on any atom is -0.378 e. The molecule has 0 spiro atoms. The molecule has 3 nitrogen and oxygen atoms in total. The molecule has 1 aliphatic rings. The van der Waals surface area contributed by atoms with Gasteiger partial charge in [-0.15, -0.1) is 0 Å². The Morgan fingerprint density at radius 3 is 3.07 bits per heavy atom. The number of morpholine rings is 1. The van der Waals surface area contributed by atoms with Crippen molar-refractivity contribution in [2.75, 3.05) is 19.8 Å². The van der Waals surface area contributed by atoms with Gasteiger partial charge in [0.05, 0.1) is 30.6 Å². The maximum atomic E-state index is 13.0. The normalized spacial score (nSPS) is 22.3. The molecule has 14 heavy (non-hydrogen) atoms. The third kappa shape index (κ3) is 1.91. The van der Waals surface area contributed by atoms with E-state index in [1.807, 2.05) is 0 Å². The van der Waals surface area contributed by atoms with E-state index in [4.69, 9.17) is 4.74 Å². The second kappa shape index (κ2) is 4.02. The van der Waals surface area contributed by atoms with E-state index in [0.29, 0.717) is 12.3 Å². The largest absolute Gasteiger partial charge is 0.378 e. The van der Waals surface area contributed by atoms with Crippen LogP contribution >= 0.6 is 0 Å². The van der Waals surface area contributed by atoms with Gasteiger partial charge in [-0.2, -0.15) is 0 Å². The molecular formula is C10H13FN2O. The zero-order valence-electron chi connectivity index (χ0n) is 8.09. The molecule has 0 saturated carbocycles. The summed E-state index contributed by atoms with van der Waals surface area (Å²) in [6, 6.07) is 3.26. The Morgan fingerprint density at radius 2 is 2.43 bits per heavy atom. The molecule has 1 N–H and O–H groups in total. The molecule has 2 rings (SSSR count). The summed E-state index contributed by atoms with van der Waals surface area (Å²) >= 11 is 0. The van der Waals surface area contributed by atoms with Gasteiger partial charge < -0.3 is 10.1 Å². The number of rotatable bonds is 1. The van der Waals surface area contributed by atoms with Gasteiger partial charge in [0, 0.05) is 6.54 Å². The highest BCUT2D eigenvalue weighted by Gasteiger charge is 2.16. The van der Waals surface area contributed by atoms with Gasteiger partial charge in [0.25, 0.3) is 0 Å². The standard InChI is InChI=1S/C10H13FN2O/c1-7-8(11)2-3-9(13-7)10-6-14-5-4-12-10/h2-3,10,12H,4-6H2,1H3/t10-/m1/s1. The molecule has 0 bridgehead atoms. The first kappa shape index (κ1) is 9.55. The number of hydrogen-bond acceptors (Lipinski definition) is 3. The first-order valence-electron chi connectivity index (χ1n) is 4.71. The van der Waals surface area contributed by atoms with E-state index in [0.717, 1.165) is 18.8 Å². The van der Waals surface area contributed by atoms with Crippen molar-refractivity contribution < 1.29 is 9.13 Å². The lowest BCUT2D eigenvalue weighted by Gasteiger charge is -2.23. The van der Waals surface area contributed by atoms with E-state index in [9.17, 15) is 4.39 Å². The van der Waals surface area contributed by atoms with Crippen molar-refractivity contribution in [3.05, 3.63) is 29.3 Å². The van der Waals surface area contributed by atoms with Crippen molar-refractivity contribution in [2.24, 2.45) is 0 Å². The smallest absolute Gasteiger partial charge is 0.144 e. The molecule has 0 radical (unpaired) electrons. The zero-order valence-corrected chi connectivity index (χ0v) is 8.09. The van der Waals surface area contributed by atoms with Gasteiger partial charge in [-0.3, -0.25) is 4.98 Å². The Labute approximate surface area is 82.3 Å². The third-order valence-corrected chi connectivity index (χ3v) is 2.32. The van der Waals surface area contributed by atoms with Crippen LogP contribution in [0.5, 0.6) is 0 Å². The molecule has 2 heterocycles. The number of ether oxygens (including phenoxy) is 1. The predicted octanol–water partition coefficient (Wildman–Crippen LogP) is 1.19. The fourth-order valence-corrected chi connectivity index (χ4v) is 1.51. The van der Waals surface area contributed by atoms with Crippen molar-refractivity contribution in [3.8, 4) is 0 Å². The summed E-state index contributed by atoms with van der Waals surface area (Å²) in [5, 5.41) is 3.27. The molecule has 1 fully saturated rings. The van der Waals surface area contributed by atoms with Crippen LogP contribution in [0.1, 0.15) is 17.4 Å². The summed E-state index contributed by atoms with van der Waals surface area (Å²) in [7, 11) is 0. The molecule has 1 atom stereocenters. The second-order valence-corrected chi connectivity index (χ2v) is 3.38. The van der Waals surface area contributed by atoms with Crippen molar-refractivity contribution in [3.63, 3.8) is 0 Å². The maximum Gasteiger partial charge on any atom is 0.144 e. The average molecular weight is 196 g/mol. The summed E-state index contributed by atoms with van der Waals surface area (Å²) in [5.74, 6) is -0.259. The molecule has 76 valence electrons. The van der Waals surface area contributed by atoms with E-state index < -0.39 is 0 Å². The number of nitrogens with one attached hydrogen (secondary N) is 1. The molecule has 0 aliphatic carbocycles. The van der Waals surface area contributed by atoms with Gasteiger partial charge in [0.1, 0.15) is 5.82 Å². The Morgan fingerprint density at radius 1 is 1.57 bits per heavy atom. The number of aromatic nitrogens is 1. The van der Waals surface area contributed by atoms with Crippen LogP contribution in [0.2, 0.25) is 0 Å². The Kier molecular flexibility index (Phi) is 2.74. The van der Waals surface area contributed by atoms with Crippen molar-refractivity contribution >= 4 is 0 Å². The fraction of sp³-hybridized carbons (Fsp3) is 0.500. The van der Waals surface area contributed by atoms with E-state index in [2.05, 4.69) is 10.3 Å². The number of nitrogens with zero attached hydrogens (tertiary/aromatic N) is 1. The van der Waals surface area contributed by atoms with Crippen LogP contribution in [0.3, 0.4) is 0 Å². The summed E-state index contributed by atoms with van der Waals surface area (Å²) in [4.78, 5) is 4.18. The van der Waals surface area contributed by atoms with Crippen LogP contribution in [-0.4, -0.2) is 24.7 Å². The first-order chi connectivity index (χ1) is 6.77. The van der Waals surface area contributed by atoms with E-state index >= 15 is 0 Å². The Bertz CT molecular complexity index is 324. The predicted molar refractivity (Wildman–Crippen MR) is 50.5 cm³/mol.